The summed E-state index contributed by atoms with van der Waals surface area (Å²) in [6, 6.07) is 31.7. The second-order valence-corrected chi connectivity index (χ2v) is 34.8. The number of piperazine rings is 2. The van der Waals surface area contributed by atoms with Gasteiger partial charge in [0.15, 0.2) is 5.66 Å². The zero-order chi connectivity index (χ0) is 85.3. The highest BCUT2D eigenvalue weighted by atomic mass is 16.5. The Bertz CT molecular complexity index is 4930. The van der Waals surface area contributed by atoms with Gasteiger partial charge in [-0.3, -0.25) is 48.2 Å². The Balaban J connectivity index is 0.628. The summed E-state index contributed by atoms with van der Waals surface area (Å²) < 4.78 is 14.6. The molecule has 1 unspecified atom stereocenters. The molecule has 120 heavy (non-hydrogen) atoms. The van der Waals surface area contributed by atoms with Crippen molar-refractivity contribution in [2.24, 2.45) is 26.1 Å². The number of terminal acetylenes is 1. The summed E-state index contributed by atoms with van der Waals surface area (Å²) in [4.78, 5) is 130. The fourth-order valence-electron chi connectivity index (χ4n) is 15.7. The number of carbonyl (C=O) groups is 7. The molecule has 5 aromatic carbocycles. The highest BCUT2D eigenvalue weighted by Gasteiger charge is 2.36. The molecule has 2 fully saturated rings. The number of aromatic amines is 1. The molecule has 1 atom stereocenters. The maximum absolute atomic E-state index is 14.7. The molecule has 0 aliphatic carbocycles. The highest BCUT2D eigenvalue weighted by Crippen LogP contribution is 2.43. The van der Waals surface area contributed by atoms with E-state index in [1.165, 1.54) is 37.2 Å². The van der Waals surface area contributed by atoms with Gasteiger partial charge in [0, 0.05) is 164 Å². The number of likely N-dealkylation sites (N-methyl/N-ethyl adjacent to an activating group) is 2. The zero-order valence-corrected chi connectivity index (χ0v) is 72.1. The molecule has 2 aromatic heterocycles. The van der Waals surface area contributed by atoms with Gasteiger partial charge in [-0.05, 0) is 165 Å². The third kappa shape index (κ3) is 24.1. The van der Waals surface area contributed by atoms with E-state index < -0.39 is 48.3 Å². The van der Waals surface area contributed by atoms with E-state index in [0.717, 1.165) is 133 Å². The fraction of sp³-hybridized carbons (Fsp3) is 0.522. The monoisotopic (exact) mass is 1640 g/mol. The van der Waals surface area contributed by atoms with E-state index in [2.05, 4.69) is 183 Å². The number of Topliss-reactive ketones (excluding diaryl/α,β-unsaturated/α-hetero) is 1. The van der Waals surface area contributed by atoms with E-state index in [-0.39, 0.29) is 99.9 Å². The van der Waals surface area contributed by atoms with E-state index in [1.807, 2.05) is 51.1 Å². The van der Waals surface area contributed by atoms with Gasteiger partial charge in [-0.25, -0.2) is 4.98 Å². The topological polar surface area (TPSA) is 306 Å². The fourth-order valence-corrected chi connectivity index (χ4v) is 15.7. The number of benzene rings is 5. The SMILES string of the molecule is C#CCNC(=O)C(CCNC(=O)CN(Cc1cn(CCCNC(=O)CCCOc2c(C(C)(C)C)cc(C3=Nc4ccc(N5CCN(C)CC5)cc4C3)cc2C(C)(C)C)nn1)C(=O)CN(CCC)C(=O)CN(CCC)C(=O)CCCOc1cccc(-c2nc3ccc(C4=Nc5ccc(N6CCN(C)CC6)cc5C4)cc3[nH]2)c1)CC(=O)CCC1(C)N=N1. The van der Waals surface area contributed by atoms with Crippen molar-refractivity contribution < 1.29 is 43.0 Å². The third-order valence-corrected chi connectivity index (χ3v) is 22.8. The molecule has 28 nitrogen and oxygen atoms in total. The normalized spacial score (nSPS) is 15.3. The summed E-state index contributed by atoms with van der Waals surface area (Å²) in [5, 5.41) is 25.2. The van der Waals surface area contributed by atoms with Crippen molar-refractivity contribution in [2.45, 2.75) is 175 Å². The number of nitrogens with one attached hydrogen (secondary N) is 4. The molecule has 7 aromatic rings. The van der Waals surface area contributed by atoms with Crippen LogP contribution in [0.25, 0.3) is 22.4 Å². The number of ether oxygens (including phenoxy) is 2. The van der Waals surface area contributed by atoms with E-state index in [1.54, 1.807) is 10.9 Å². The summed E-state index contributed by atoms with van der Waals surface area (Å²) in [5.74, 6) is 1.25. The van der Waals surface area contributed by atoms with Crippen LogP contribution in [0.3, 0.4) is 0 Å². The number of rotatable bonds is 41. The van der Waals surface area contributed by atoms with Gasteiger partial charge in [0.1, 0.15) is 28.8 Å². The number of nitrogens with zero attached hydrogens (tertiary/aromatic N) is 15. The Morgan fingerprint density at radius 3 is 1.84 bits per heavy atom. The van der Waals surface area contributed by atoms with Crippen LogP contribution in [-0.4, -0.2) is 240 Å². The average Bonchev–Trinajstić information content (AvgIpc) is 1.11. The highest BCUT2D eigenvalue weighted by molar-refractivity contribution is 6.09. The number of hydrogen-bond donors (Lipinski definition) is 4. The number of fused-ring (bicyclic) bond motifs is 3. The van der Waals surface area contributed by atoms with E-state index in [0.29, 0.717) is 82.0 Å². The van der Waals surface area contributed by atoms with Gasteiger partial charge < -0.3 is 64.7 Å². The number of H-pyrrole nitrogens is 1. The van der Waals surface area contributed by atoms with Crippen molar-refractivity contribution in [3.05, 3.63) is 136 Å². The smallest absolute Gasteiger partial charge is 0.243 e. The van der Waals surface area contributed by atoms with Crippen LogP contribution in [0.5, 0.6) is 11.5 Å². The first-order valence-corrected chi connectivity index (χ1v) is 42.8. The summed E-state index contributed by atoms with van der Waals surface area (Å²) in [5.41, 5.74) is 15.2. The van der Waals surface area contributed by atoms with Crippen molar-refractivity contribution >= 4 is 86.4 Å². The van der Waals surface area contributed by atoms with Gasteiger partial charge in [-0.2, -0.15) is 10.2 Å². The van der Waals surface area contributed by atoms with Gasteiger partial charge in [0.05, 0.1) is 86.0 Å². The first kappa shape index (κ1) is 88.1. The molecule has 0 saturated carbocycles. The number of carbonyl (C=O) groups excluding carboxylic acids is 7. The lowest BCUT2D eigenvalue weighted by Gasteiger charge is -2.34. The van der Waals surface area contributed by atoms with E-state index >= 15 is 0 Å². The number of amides is 6. The summed E-state index contributed by atoms with van der Waals surface area (Å²) in [6.45, 7) is 27.5. The number of hydrogen-bond acceptors (Lipinski definition) is 20. The summed E-state index contributed by atoms with van der Waals surface area (Å²) in [6.07, 6.45) is 12.0. The third-order valence-electron chi connectivity index (χ3n) is 22.8. The standard InChI is InChI=1S/C92H121N19O9/c1-13-33-95-89(118)65(51-72(112)30-32-92(10)101-102-92)31-35-94-83(114)60-110(58-69-59-111(103-100-69)38-19-34-93-82(113)22-17-48-120-87-74(90(4,5)6)53-68(54-75(87)91(7,8)9)80-57-67-50-71(26-29-77(67)97-80)107-45-41-105(12)42-46-107)86(117)62-109(37-15-3)85(116)61-108(36-14-2)84(115)23-18-47-119-73-21-16-20-64(52-73)88-98-78-27-24-63(55-81(78)99-88)79-56-66-49-70(25-28-76(66)96-79)106-43-39-104(11)40-44-106/h1,16,20-21,24-29,49-50,52-55,59,65H,14-15,17-19,22-23,30-48,51,56-58,60-62H2,2-12H3,(H,93,113)(H,94,114)(H,95,118)(H,98,99). The lowest BCUT2D eigenvalue weighted by molar-refractivity contribution is -0.145. The van der Waals surface area contributed by atoms with E-state index in [9.17, 15) is 33.6 Å². The quantitative estimate of drug-likeness (QED) is 0.0204. The van der Waals surface area contributed by atoms with Gasteiger partial charge in [-0.15, -0.1) is 11.5 Å². The molecule has 5 aliphatic rings. The number of anilines is 2. The molecule has 28 heteroatoms. The van der Waals surface area contributed by atoms with Crippen LogP contribution in [0.1, 0.15) is 172 Å². The van der Waals surface area contributed by atoms with Gasteiger partial charge in [-0.1, -0.05) is 84.7 Å². The summed E-state index contributed by atoms with van der Waals surface area (Å²) in [7, 11) is 4.34. The molecule has 5 aliphatic heterocycles. The number of aliphatic imine (C=N–C) groups is 2. The summed E-state index contributed by atoms with van der Waals surface area (Å²) >= 11 is 0. The number of aromatic nitrogens is 5. The Hall–Kier alpha value is -11.2. The van der Waals surface area contributed by atoms with Crippen LogP contribution >= 0.6 is 0 Å². The molecule has 2 saturated heterocycles. The van der Waals surface area contributed by atoms with Crippen LogP contribution in [0, 0.1) is 18.3 Å². The Kier molecular flexibility index (Phi) is 29.6. The van der Waals surface area contributed by atoms with Gasteiger partial charge in [0.2, 0.25) is 35.4 Å². The van der Waals surface area contributed by atoms with Crippen molar-refractivity contribution in [2.75, 3.05) is 142 Å². The number of imidazole rings is 1. The molecule has 6 amide bonds. The van der Waals surface area contributed by atoms with Crippen LogP contribution in [0.15, 0.2) is 117 Å². The molecular formula is C92H121N19O9. The molecule has 0 spiro atoms. The Labute approximate surface area is 706 Å². The van der Waals surface area contributed by atoms with Crippen LogP contribution < -0.4 is 35.2 Å². The molecule has 12 rings (SSSR count). The zero-order valence-electron chi connectivity index (χ0n) is 72.1. The first-order valence-electron chi connectivity index (χ1n) is 42.8. The molecule has 4 N–H and O–H groups in total. The van der Waals surface area contributed by atoms with Gasteiger partial charge >= 0.3 is 0 Å². The molecule has 0 radical (unpaired) electrons. The predicted molar refractivity (Wildman–Crippen MR) is 469 cm³/mol. The maximum Gasteiger partial charge on any atom is 0.243 e. The molecule has 0 bridgehead atoms. The number of ketones is 1. The molecule has 638 valence electrons. The van der Waals surface area contributed by atoms with Crippen LogP contribution in [0.2, 0.25) is 0 Å². The van der Waals surface area contributed by atoms with Crippen molar-refractivity contribution in [1.29, 1.82) is 0 Å². The van der Waals surface area contributed by atoms with Crippen molar-refractivity contribution in [3.8, 4) is 35.2 Å². The van der Waals surface area contributed by atoms with Gasteiger partial charge in [0.25, 0.3) is 0 Å². The van der Waals surface area contributed by atoms with Crippen LogP contribution in [0.4, 0.5) is 22.7 Å². The largest absolute Gasteiger partial charge is 0.494 e. The van der Waals surface area contributed by atoms with Crippen molar-refractivity contribution in [1.82, 2.24) is 65.4 Å². The van der Waals surface area contributed by atoms with E-state index in [4.69, 9.17) is 30.9 Å². The minimum atomic E-state index is -0.803. The van der Waals surface area contributed by atoms with Crippen molar-refractivity contribution in [3.63, 3.8) is 0 Å². The number of aryl methyl sites for hydroxylation is 1. The second-order valence-electron chi connectivity index (χ2n) is 34.8. The first-order chi connectivity index (χ1) is 57.6. The lowest BCUT2D eigenvalue weighted by Crippen LogP contribution is -2.49. The Morgan fingerprint density at radius 1 is 0.625 bits per heavy atom. The lowest BCUT2D eigenvalue weighted by atomic mass is 9.77. The molecular weight excluding hydrogens is 1520 g/mol. The maximum atomic E-state index is 14.7. The Morgan fingerprint density at radius 2 is 1.23 bits per heavy atom. The minimum Gasteiger partial charge on any atom is -0.494 e. The molecule has 7 heterocycles. The second kappa shape index (κ2) is 40.3. The minimum absolute atomic E-state index is 0.0127. The predicted octanol–water partition coefficient (Wildman–Crippen LogP) is 11.1. The average molecular weight is 1640 g/mol. The van der Waals surface area contributed by atoms with Crippen LogP contribution in [-0.2, 0) is 70.3 Å².